The summed E-state index contributed by atoms with van der Waals surface area (Å²) in [7, 11) is 1.28. The Labute approximate surface area is 180 Å². The number of aliphatic hydroxyl groups excluding tert-OH is 1. The van der Waals surface area contributed by atoms with Gasteiger partial charge in [0.2, 0.25) is 5.60 Å². The molecular formula is C22H20O10. The van der Waals surface area contributed by atoms with E-state index in [1.165, 1.54) is 25.3 Å². The first-order valence-corrected chi connectivity index (χ1v) is 9.93. The van der Waals surface area contributed by atoms with Crippen LogP contribution < -0.4 is 10.4 Å². The number of hydrogen-bond acceptors (Lipinski definition) is 10. The van der Waals surface area contributed by atoms with Crippen LogP contribution in [0.3, 0.4) is 0 Å². The van der Waals surface area contributed by atoms with Crippen LogP contribution in [0.1, 0.15) is 28.5 Å². The molecule has 32 heavy (non-hydrogen) atoms. The largest absolute Gasteiger partial charge is 0.496 e. The zero-order valence-corrected chi connectivity index (χ0v) is 16.8. The minimum atomic E-state index is -2.92. The van der Waals surface area contributed by atoms with E-state index in [0.29, 0.717) is 0 Å². The summed E-state index contributed by atoms with van der Waals surface area (Å²) in [6.45, 7) is 0. The average molecular weight is 444 g/mol. The SMILES string of the molecule is COc1cc(C2C3(O)C(O)C4CC2(O)[C@](O)(C(=O)O4)[C@H]3C(=O)c2ccccc2)oc(=O)c1. The minimum Gasteiger partial charge on any atom is -0.496 e. The maximum absolute atomic E-state index is 13.5. The number of aliphatic hydroxyl groups is 4. The first-order chi connectivity index (χ1) is 15.1. The fraction of sp³-hybridized carbons (Fsp3) is 0.409. The van der Waals surface area contributed by atoms with Gasteiger partial charge in [0, 0.05) is 18.1 Å². The first kappa shape index (κ1) is 20.8. The third kappa shape index (κ3) is 2.29. The van der Waals surface area contributed by atoms with Crippen molar-refractivity contribution in [1.82, 2.24) is 0 Å². The average Bonchev–Trinajstić information content (AvgIpc) is 2.87. The molecule has 5 rings (SSSR count). The van der Waals surface area contributed by atoms with Crippen LogP contribution in [0.15, 0.2) is 51.7 Å². The lowest BCUT2D eigenvalue weighted by Crippen LogP contribution is -2.69. The summed E-state index contributed by atoms with van der Waals surface area (Å²) in [5, 5.41) is 46.1. The second-order valence-electron chi connectivity index (χ2n) is 8.49. The Balaban J connectivity index is 1.80. The van der Waals surface area contributed by atoms with Gasteiger partial charge in [-0.05, 0) is 0 Å². The molecule has 3 fully saturated rings. The van der Waals surface area contributed by atoms with Crippen LogP contribution in [0.4, 0.5) is 0 Å². The Hall–Kier alpha value is -3.05. The Morgan fingerprint density at radius 3 is 2.47 bits per heavy atom. The van der Waals surface area contributed by atoms with E-state index in [1.54, 1.807) is 18.2 Å². The lowest BCUT2D eigenvalue weighted by atomic mass is 9.65. The third-order valence-corrected chi connectivity index (χ3v) is 6.99. The standard InChI is InChI=1S/C22H20O10/c1-30-11-7-12(31-14(23)8-11)16-20(27)9-13-18(25)21(16,28)17(22(20,29)19(26)32-13)15(24)10-5-3-2-4-6-10/h2-8,13,16-18,25,27-29H,9H2,1H3/t13?,16?,17-,18?,20?,21?,22+/m0/s1. The van der Waals surface area contributed by atoms with Gasteiger partial charge in [0.15, 0.2) is 5.78 Å². The highest BCUT2D eigenvalue weighted by Gasteiger charge is 2.88. The molecule has 0 spiro atoms. The summed E-state index contributed by atoms with van der Waals surface area (Å²) in [4.78, 5) is 38.5. The van der Waals surface area contributed by atoms with Crippen LogP contribution in [0.5, 0.6) is 5.75 Å². The molecule has 1 aromatic carbocycles. The van der Waals surface area contributed by atoms with Gasteiger partial charge < -0.3 is 34.3 Å². The fourth-order valence-electron chi connectivity index (χ4n) is 5.68. The van der Waals surface area contributed by atoms with E-state index >= 15 is 0 Å². The van der Waals surface area contributed by atoms with Gasteiger partial charge in [0.25, 0.3) is 0 Å². The van der Waals surface area contributed by atoms with Crippen molar-refractivity contribution in [2.75, 3.05) is 7.11 Å². The normalized spacial score (nSPS) is 39.6. The quantitative estimate of drug-likeness (QED) is 0.344. The summed E-state index contributed by atoms with van der Waals surface area (Å²) in [6.07, 6.45) is -3.76. The van der Waals surface area contributed by atoms with Crippen molar-refractivity contribution in [2.24, 2.45) is 5.92 Å². The number of carbonyl (C=O) groups is 2. The molecule has 0 radical (unpaired) electrons. The predicted octanol–water partition coefficient (Wildman–Crippen LogP) is -0.872. The Kier molecular flexibility index (Phi) is 4.22. The summed E-state index contributed by atoms with van der Waals surface area (Å²) >= 11 is 0. The highest BCUT2D eigenvalue weighted by atomic mass is 16.6. The smallest absolute Gasteiger partial charge is 0.342 e. The van der Waals surface area contributed by atoms with E-state index in [-0.39, 0.29) is 17.1 Å². The number of methoxy groups -OCH3 is 1. The fourth-order valence-corrected chi connectivity index (χ4v) is 5.68. The number of ether oxygens (including phenoxy) is 2. The summed E-state index contributed by atoms with van der Waals surface area (Å²) in [5.74, 6) is -6.31. The van der Waals surface area contributed by atoms with Crippen LogP contribution in [0, 0.1) is 5.92 Å². The summed E-state index contributed by atoms with van der Waals surface area (Å²) in [6, 6.07) is 9.75. The topological polar surface area (TPSA) is 164 Å². The van der Waals surface area contributed by atoms with Crippen LogP contribution in [-0.2, 0) is 9.53 Å². The molecule has 2 aliphatic carbocycles. The molecular weight excluding hydrogens is 424 g/mol. The van der Waals surface area contributed by atoms with Gasteiger partial charge in [-0.25, -0.2) is 9.59 Å². The summed E-state index contributed by atoms with van der Waals surface area (Å²) in [5.41, 5.74) is -8.89. The Bertz CT molecular complexity index is 1170. The molecule has 2 saturated carbocycles. The second-order valence-corrected chi connectivity index (χ2v) is 8.49. The monoisotopic (exact) mass is 444 g/mol. The van der Waals surface area contributed by atoms with E-state index in [4.69, 9.17) is 13.9 Å². The molecule has 1 aromatic heterocycles. The van der Waals surface area contributed by atoms with Gasteiger partial charge >= 0.3 is 11.6 Å². The molecule has 1 aliphatic heterocycles. The zero-order chi connectivity index (χ0) is 23.1. The van der Waals surface area contributed by atoms with Crippen molar-refractivity contribution >= 4 is 11.8 Å². The predicted molar refractivity (Wildman–Crippen MR) is 104 cm³/mol. The van der Waals surface area contributed by atoms with Gasteiger partial charge in [-0.2, -0.15) is 0 Å². The first-order valence-electron chi connectivity index (χ1n) is 9.93. The molecule has 10 heteroatoms. The van der Waals surface area contributed by atoms with E-state index < -0.39 is 64.6 Å². The van der Waals surface area contributed by atoms with Crippen molar-refractivity contribution in [3.63, 3.8) is 0 Å². The highest BCUT2D eigenvalue weighted by molar-refractivity contribution is 6.05. The number of carbonyl (C=O) groups excluding carboxylic acids is 2. The lowest BCUT2D eigenvalue weighted by Gasteiger charge is -2.50. The number of hydrogen-bond donors (Lipinski definition) is 4. The molecule has 0 amide bonds. The number of ketones is 1. The summed E-state index contributed by atoms with van der Waals surface area (Å²) < 4.78 is 15.4. The van der Waals surface area contributed by atoms with Crippen molar-refractivity contribution in [3.05, 3.63) is 64.2 Å². The number of rotatable bonds is 4. The van der Waals surface area contributed by atoms with Gasteiger partial charge in [-0.1, -0.05) is 30.3 Å². The van der Waals surface area contributed by atoms with Crippen LogP contribution >= 0.6 is 0 Å². The lowest BCUT2D eigenvalue weighted by molar-refractivity contribution is -0.252. The number of Topliss-reactive ketones (excluding diaryl/α,β-unsaturated/α-hetero) is 1. The van der Waals surface area contributed by atoms with Crippen molar-refractivity contribution in [3.8, 4) is 5.75 Å². The van der Waals surface area contributed by atoms with Crippen molar-refractivity contribution < 1.29 is 43.9 Å². The van der Waals surface area contributed by atoms with Crippen LogP contribution in [0.25, 0.3) is 0 Å². The Morgan fingerprint density at radius 2 is 1.81 bits per heavy atom. The van der Waals surface area contributed by atoms with E-state index in [1.807, 2.05) is 0 Å². The van der Waals surface area contributed by atoms with E-state index in [2.05, 4.69) is 0 Å². The molecule has 1 saturated heterocycles. The molecule has 10 nitrogen and oxygen atoms in total. The molecule has 5 unspecified atom stereocenters. The maximum Gasteiger partial charge on any atom is 0.342 e. The molecule has 4 N–H and O–H groups in total. The van der Waals surface area contributed by atoms with Gasteiger partial charge in [0.05, 0.1) is 25.0 Å². The molecule has 3 aliphatic rings. The van der Waals surface area contributed by atoms with E-state index in [0.717, 1.165) is 6.07 Å². The molecule has 2 aromatic rings. The Morgan fingerprint density at radius 1 is 1.12 bits per heavy atom. The number of esters is 1. The third-order valence-electron chi connectivity index (χ3n) is 6.99. The molecule has 7 atom stereocenters. The zero-order valence-electron chi connectivity index (χ0n) is 16.8. The number of fused-ring (bicyclic) bond motifs is 2. The number of benzene rings is 1. The van der Waals surface area contributed by atoms with Crippen LogP contribution in [0.2, 0.25) is 0 Å². The van der Waals surface area contributed by atoms with E-state index in [9.17, 15) is 34.8 Å². The molecule has 168 valence electrons. The van der Waals surface area contributed by atoms with Crippen LogP contribution in [-0.4, -0.2) is 68.3 Å². The van der Waals surface area contributed by atoms with Crippen molar-refractivity contribution in [2.45, 2.75) is 41.3 Å². The van der Waals surface area contributed by atoms with Gasteiger partial charge in [-0.15, -0.1) is 0 Å². The van der Waals surface area contributed by atoms with Gasteiger partial charge in [0.1, 0.15) is 34.9 Å². The second kappa shape index (κ2) is 6.48. The maximum atomic E-state index is 13.5. The highest BCUT2D eigenvalue weighted by Crippen LogP contribution is 2.67. The molecule has 3 bridgehead atoms. The van der Waals surface area contributed by atoms with Gasteiger partial charge in [-0.3, -0.25) is 4.79 Å². The molecule has 2 heterocycles. The minimum absolute atomic E-state index is 0.0218. The van der Waals surface area contributed by atoms with Crippen molar-refractivity contribution in [1.29, 1.82) is 0 Å².